The van der Waals surface area contributed by atoms with E-state index in [1.54, 1.807) is 17.2 Å². The molecule has 1 amide bonds. The van der Waals surface area contributed by atoms with Gasteiger partial charge in [0.15, 0.2) is 0 Å². The lowest BCUT2D eigenvalue weighted by Gasteiger charge is -2.24. The van der Waals surface area contributed by atoms with Crippen molar-refractivity contribution in [1.82, 2.24) is 9.97 Å². The molecule has 8 nitrogen and oxygen atoms in total. The van der Waals surface area contributed by atoms with Gasteiger partial charge in [-0.15, -0.1) is 0 Å². The van der Waals surface area contributed by atoms with Gasteiger partial charge in [0.2, 0.25) is 5.95 Å². The van der Waals surface area contributed by atoms with E-state index in [-0.39, 0.29) is 30.2 Å². The van der Waals surface area contributed by atoms with Gasteiger partial charge in [-0.2, -0.15) is 4.98 Å². The zero-order chi connectivity index (χ0) is 21.8. The molecule has 2 saturated heterocycles. The molecule has 0 spiro atoms. The van der Waals surface area contributed by atoms with Crippen LogP contribution in [0.3, 0.4) is 0 Å². The zero-order valence-corrected chi connectivity index (χ0v) is 18.3. The molecule has 0 bridgehead atoms. The Balaban J connectivity index is 1.45. The van der Waals surface area contributed by atoms with Gasteiger partial charge in [-0.05, 0) is 49.4 Å². The first-order chi connectivity index (χ1) is 15.0. The second-order valence-corrected chi connectivity index (χ2v) is 8.39. The van der Waals surface area contributed by atoms with Crippen LogP contribution < -0.4 is 15.0 Å². The molecule has 1 aromatic heterocycles. The molecular weight excluding hydrogens is 396 g/mol. The Bertz CT molecular complexity index is 901. The fourth-order valence-corrected chi connectivity index (χ4v) is 3.87. The summed E-state index contributed by atoms with van der Waals surface area (Å²) in [5, 5.41) is 3.33. The molecule has 1 aromatic carbocycles. The van der Waals surface area contributed by atoms with Gasteiger partial charge in [0.25, 0.3) is 0 Å². The first kappa shape index (κ1) is 21.4. The number of nitrogens with zero attached hydrogens (tertiary/aromatic N) is 3. The molecule has 0 radical (unpaired) electrons. The molecule has 2 fully saturated rings. The molecular formula is C23H30N4O4. The van der Waals surface area contributed by atoms with Crippen LogP contribution in [0.25, 0.3) is 0 Å². The van der Waals surface area contributed by atoms with Crippen LogP contribution in [0.15, 0.2) is 36.5 Å². The van der Waals surface area contributed by atoms with Crippen molar-refractivity contribution in [2.24, 2.45) is 5.92 Å². The van der Waals surface area contributed by atoms with E-state index in [0.717, 1.165) is 30.8 Å². The average Bonchev–Trinajstić information content (AvgIpc) is 3.16. The third kappa shape index (κ3) is 5.07. The maximum absolute atomic E-state index is 12.2. The number of aromatic nitrogens is 2. The fraction of sp³-hybridized carbons (Fsp3) is 0.522. The first-order valence-corrected chi connectivity index (χ1v) is 10.9. The molecule has 2 aliphatic rings. The summed E-state index contributed by atoms with van der Waals surface area (Å²) in [6, 6.07) is 9.67. The Kier molecular flexibility index (Phi) is 6.56. The molecule has 2 aliphatic heterocycles. The van der Waals surface area contributed by atoms with Crippen molar-refractivity contribution in [3.63, 3.8) is 0 Å². The van der Waals surface area contributed by atoms with Crippen LogP contribution in [-0.4, -0.2) is 48.0 Å². The second-order valence-electron chi connectivity index (χ2n) is 8.39. The SMILES string of the molecule is CC(C)[C@H]1COC(=O)N1c1ccnc(N[C@@H](C)c2cccc(OC3CCCOC3)c2)n1. The lowest BCUT2D eigenvalue weighted by molar-refractivity contribution is 0.00740. The summed E-state index contributed by atoms with van der Waals surface area (Å²) in [5.41, 5.74) is 1.06. The van der Waals surface area contributed by atoms with E-state index in [1.165, 1.54) is 0 Å². The van der Waals surface area contributed by atoms with Crippen LogP contribution in [0, 0.1) is 5.92 Å². The highest BCUT2D eigenvalue weighted by molar-refractivity contribution is 5.89. The fourth-order valence-electron chi connectivity index (χ4n) is 3.87. The third-order valence-electron chi connectivity index (χ3n) is 5.69. The number of carbonyl (C=O) groups excluding carboxylic acids is 1. The number of carbonyl (C=O) groups is 1. The maximum Gasteiger partial charge on any atom is 0.415 e. The molecule has 0 aliphatic carbocycles. The number of anilines is 2. The first-order valence-electron chi connectivity index (χ1n) is 10.9. The number of benzene rings is 1. The smallest absolute Gasteiger partial charge is 0.415 e. The van der Waals surface area contributed by atoms with Crippen molar-refractivity contribution >= 4 is 17.9 Å². The highest BCUT2D eigenvalue weighted by Crippen LogP contribution is 2.27. The van der Waals surface area contributed by atoms with E-state index in [4.69, 9.17) is 14.2 Å². The number of cyclic esters (lactones) is 1. The largest absolute Gasteiger partial charge is 0.488 e. The molecule has 4 rings (SSSR count). The van der Waals surface area contributed by atoms with Crippen molar-refractivity contribution in [2.45, 2.75) is 51.8 Å². The highest BCUT2D eigenvalue weighted by atomic mass is 16.6. The summed E-state index contributed by atoms with van der Waals surface area (Å²) in [6.07, 6.45) is 3.42. The monoisotopic (exact) mass is 426 g/mol. The van der Waals surface area contributed by atoms with Gasteiger partial charge in [0, 0.05) is 12.8 Å². The summed E-state index contributed by atoms with van der Waals surface area (Å²) < 4.78 is 16.8. The minimum atomic E-state index is -0.368. The molecule has 1 unspecified atom stereocenters. The topological polar surface area (TPSA) is 85.8 Å². The molecule has 166 valence electrons. The number of rotatable bonds is 7. The van der Waals surface area contributed by atoms with Crippen molar-refractivity contribution < 1.29 is 19.0 Å². The Hall–Kier alpha value is -2.87. The van der Waals surface area contributed by atoms with E-state index in [2.05, 4.69) is 29.1 Å². The van der Waals surface area contributed by atoms with Crippen LogP contribution in [-0.2, 0) is 9.47 Å². The highest BCUT2D eigenvalue weighted by Gasteiger charge is 2.37. The average molecular weight is 427 g/mol. The van der Waals surface area contributed by atoms with Crippen molar-refractivity contribution in [3.8, 4) is 5.75 Å². The molecule has 0 saturated carbocycles. The Morgan fingerprint density at radius 3 is 2.87 bits per heavy atom. The number of amides is 1. The molecule has 2 aromatic rings. The predicted molar refractivity (Wildman–Crippen MR) is 117 cm³/mol. The zero-order valence-electron chi connectivity index (χ0n) is 18.3. The normalized spacial score (nSPS) is 22.3. The van der Waals surface area contributed by atoms with Gasteiger partial charge in [-0.1, -0.05) is 26.0 Å². The van der Waals surface area contributed by atoms with E-state index in [1.807, 2.05) is 31.2 Å². The summed E-state index contributed by atoms with van der Waals surface area (Å²) in [6.45, 7) is 7.99. The van der Waals surface area contributed by atoms with Gasteiger partial charge in [0.05, 0.1) is 18.7 Å². The van der Waals surface area contributed by atoms with E-state index in [9.17, 15) is 4.79 Å². The van der Waals surface area contributed by atoms with Crippen LogP contribution in [0.5, 0.6) is 5.75 Å². The van der Waals surface area contributed by atoms with E-state index in [0.29, 0.717) is 25.0 Å². The van der Waals surface area contributed by atoms with Crippen LogP contribution in [0.4, 0.5) is 16.6 Å². The van der Waals surface area contributed by atoms with E-state index < -0.39 is 0 Å². The van der Waals surface area contributed by atoms with Gasteiger partial charge < -0.3 is 19.5 Å². The number of hydrogen-bond donors (Lipinski definition) is 1. The number of ether oxygens (including phenoxy) is 3. The molecule has 8 heteroatoms. The van der Waals surface area contributed by atoms with Crippen LogP contribution >= 0.6 is 0 Å². The second kappa shape index (κ2) is 9.51. The minimum Gasteiger partial charge on any atom is -0.488 e. The lowest BCUT2D eigenvalue weighted by atomic mass is 10.0. The minimum absolute atomic E-state index is 0.0368. The van der Waals surface area contributed by atoms with Crippen molar-refractivity contribution in [3.05, 3.63) is 42.1 Å². The molecule has 3 heterocycles. The van der Waals surface area contributed by atoms with Crippen molar-refractivity contribution in [1.29, 1.82) is 0 Å². The maximum atomic E-state index is 12.2. The van der Waals surface area contributed by atoms with E-state index >= 15 is 0 Å². The van der Waals surface area contributed by atoms with Crippen LogP contribution in [0.2, 0.25) is 0 Å². The summed E-state index contributed by atoms with van der Waals surface area (Å²) in [5.74, 6) is 2.09. The number of nitrogens with one attached hydrogen (secondary N) is 1. The summed E-state index contributed by atoms with van der Waals surface area (Å²) in [7, 11) is 0. The van der Waals surface area contributed by atoms with Gasteiger partial charge >= 0.3 is 6.09 Å². The standard InChI is InChI=1S/C23H30N4O4/c1-15(2)20-14-30-23(28)27(20)21-9-10-24-22(26-21)25-16(3)17-6-4-7-18(12-17)31-19-8-5-11-29-13-19/h4,6-7,9-10,12,15-16,19-20H,5,8,11,13-14H2,1-3H3,(H,24,25,26)/t16-,19?,20+/m0/s1. The number of hydrogen-bond acceptors (Lipinski definition) is 7. The quantitative estimate of drug-likeness (QED) is 0.710. The summed E-state index contributed by atoms with van der Waals surface area (Å²) in [4.78, 5) is 22.8. The van der Waals surface area contributed by atoms with Gasteiger partial charge in [-0.25, -0.2) is 9.78 Å². The van der Waals surface area contributed by atoms with Crippen LogP contribution in [0.1, 0.15) is 45.2 Å². The van der Waals surface area contributed by atoms with Gasteiger partial charge in [-0.3, -0.25) is 4.90 Å². The molecule has 1 N–H and O–H groups in total. The molecule has 3 atom stereocenters. The Labute approximate surface area is 182 Å². The summed E-state index contributed by atoms with van der Waals surface area (Å²) >= 11 is 0. The lowest BCUT2D eigenvalue weighted by Crippen LogP contribution is -2.37. The van der Waals surface area contributed by atoms with Gasteiger partial charge in [0.1, 0.15) is 24.3 Å². The van der Waals surface area contributed by atoms with Crippen molar-refractivity contribution in [2.75, 3.05) is 30.0 Å². The Morgan fingerprint density at radius 2 is 2.10 bits per heavy atom. The predicted octanol–water partition coefficient (Wildman–Crippen LogP) is 4.19. The molecule has 31 heavy (non-hydrogen) atoms. The Morgan fingerprint density at radius 1 is 1.23 bits per heavy atom. The third-order valence-corrected chi connectivity index (χ3v) is 5.69.